The van der Waals surface area contributed by atoms with Gasteiger partial charge in [0.1, 0.15) is 12.3 Å². The lowest BCUT2D eigenvalue weighted by Crippen LogP contribution is -2.35. The molecule has 4 heterocycles. The van der Waals surface area contributed by atoms with E-state index in [2.05, 4.69) is 47.2 Å². The van der Waals surface area contributed by atoms with E-state index in [-0.39, 0.29) is 23.9 Å². The van der Waals surface area contributed by atoms with Crippen LogP contribution in [0.25, 0.3) is 11.4 Å². The number of rotatable bonds is 14. The molecule has 1 aliphatic heterocycles. The Kier molecular flexibility index (Phi) is 16.8. The molecule has 0 bridgehead atoms. The fourth-order valence-corrected chi connectivity index (χ4v) is 6.96. The lowest BCUT2D eigenvalue weighted by molar-refractivity contribution is 0.0959. The summed E-state index contributed by atoms with van der Waals surface area (Å²) >= 11 is 7.56. The Bertz CT molecular complexity index is 2180. The van der Waals surface area contributed by atoms with Gasteiger partial charge in [0.25, 0.3) is 5.91 Å². The Morgan fingerprint density at radius 3 is 2.36 bits per heavy atom. The molecule has 3 aromatic heterocycles. The van der Waals surface area contributed by atoms with Crippen molar-refractivity contribution in [1.29, 1.82) is 0 Å². The van der Waals surface area contributed by atoms with E-state index >= 15 is 0 Å². The van der Waals surface area contributed by atoms with E-state index in [1.54, 1.807) is 93.9 Å². The maximum absolute atomic E-state index is 12.5. The van der Waals surface area contributed by atoms with Crippen LogP contribution in [-0.2, 0) is 24.9 Å². The highest BCUT2D eigenvalue weighted by atomic mass is 35.5. The number of ketones is 1. The van der Waals surface area contributed by atoms with Gasteiger partial charge in [-0.05, 0) is 121 Å². The highest BCUT2D eigenvalue weighted by Crippen LogP contribution is 2.26. The fraction of sp³-hybridized carbons (Fsp3) is 0.286. The molecule has 14 nitrogen and oxygen atoms in total. The second kappa shape index (κ2) is 22.4. The number of hydrogen-bond acceptors (Lipinski definition) is 12. The van der Waals surface area contributed by atoms with Gasteiger partial charge in [-0.25, -0.2) is 0 Å². The summed E-state index contributed by atoms with van der Waals surface area (Å²) in [6.07, 6.45) is 6.73. The Morgan fingerprint density at radius 1 is 0.983 bits per heavy atom. The smallest absolute Gasteiger partial charge is 0.291 e. The average molecular weight is 827 g/mol. The number of nitrogens with zero attached hydrogens (tertiary/aromatic N) is 6. The van der Waals surface area contributed by atoms with Gasteiger partial charge >= 0.3 is 0 Å². The number of aryl methyl sites for hydroxylation is 1. The predicted molar refractivity (Wildman–Crippen MR) is 224 cm³/mol. The molecule has 58 heavy (non-hydrogen) atoms. The van der Waals surface area contributed by atoms with Crippen molar-refractivity contribution in [3.05, 3.63) is 131 Å². The number of halogens is 1. The highest BCUT2D eigenvalue weighted by Gasteiger charge is 2.20. The molecule has 7 rings (SSSR count). The van der Waals surface area contributed by atoms with Crippen molar-refractivity contribution in [2.24, 2.45) is 13.0 Å². The van der Waals surface area contributed by atoms with Crippen molar-refractivity contribution in [2.75, 3.05) is 46.3 Å². The van der Waals surface area contributed by atoms with E-state index in [4.69, 9.17) is 20.8 Å². The molecule has 16 heteroatoms. The summed E-state index contributed by atoms with van der Waals surface area (Å²) < 4.78 is 19.8. The molecule has 0 spiro atoms. The Labute approximate surface area is 347 Å². The number of aromatic nitrogens is 5. The third-order valence-corrected chi connectivity index (χ3v) is 10.1. The zero-order chi connectivity index (χ0) is 41.3. The van der Waals surface area contributed by atoms with Crippen LogP contribution >= 0.6 is 23.5 Å². The number of benzene rings is 3. The van der Waals surface area contributed by atoms with Crippen molar-refractivity contribution in [1.82, 2.24) is 34.4 Å². The van der Waals surface area contributed by atoms with Gasteiger partial charge in [-0.3, -0.25) is 24.0 Å². The zero-order valence-electron chi connectivity index (χ0n) is 32.8. The van der Waals surface area contributed by atoms with Crippen LogP contribution in [-0.4, -0.2) is 88.6 Å². The molecule has 1 aliphatic rings. The number of piperidine rings is 1. The number of ether oxygens (including phenoxy) is 2. The molecule has 304 valence electrons. The van der Waals surface area contributed by atoms with Gasteiger partial charge in [0.15, 0.2) is 17.8 Å². The number of Topliss-reactive ketones (excluding diaryl/α,β-unsaturated/α-hetero) is 1. The second-order valence-electron chi connectivity index (χ2n) is 13.3. The van der Waals surface area contributed by atoms with E-state index in [1.807, 2.05) is 36.0 Å². The first kappa shape index (κ1) is 43.5. The maximum Gasteiger partial charge on any atom is 0.291 e. The molecule has 0 aliphatic carbocycles. The normalized spacial score (nSPS) is 12.8. The molecular formula is C42H47ClN8O6S. The number of nitrogens with one attached hydrogen (secondary N) is 2. The van der Waals surface area contributed by atoms with E-state index in [0.29, 0.717) is 34.2 Å². The van der Waals surface area contributed by atoms with Gasteiger partial charge < -0.3 is 23.8 Å². The number of carbonyl (C=O) groups excluding carboxylic acids is 3. The predicted octanol–water partition coefficient (Wildman–Crippen LogP) is 7.34. The standard InChI is InChI=1S/C21H17N5O4.C19H24ClN3OS.C2H6O/c1-29-15-10-8-14(9-11-15)18(27)13-26-24-20(23-25-26)16-5-2-3-6-17(16)22-21(28)19-7-4-12-30-19;1-22-13-19(10-18(22)14-24)25-21-11-15-6-8-23(9-7-15)12-16-2-4-17(20)5-3-16;1-3-2/h2-12H,13H2,1H3,(H,22,28);2-5,10,13-15,21H,6-9,11-12H2,1H3;1-2H3. The van der Waals surface area contributed by atoms with Crippen LogP contribution in [0, 0.1) is 5.92 Å². The third kappa shape index (κ3) is 13.0. The summed E-state index contributed by atoms with van der Waals surface area (Å²) in [6, 6.07) is 27.1. The summed E-state index contributed by atoms with van der Waals surface area (Å²) in [7, 11) is 6.71. The molecule has 1 amide bonds. The van der Waals surface area contributed by atoms with Crippen LogP contribution in [0.2, 0.25) is 5.02 Å². The molecule has 2 N–H and O–H groups in total. The van der Waals surface area contributed by atoms with Crippen molar-refractivity contribution in [2.45, 2.75) is 30.8 Å². The molecule has 1 saturated heterocycles. The Hall–Kier alpha value is -5.58. The molecular weight excluding hydrogens is 780 g/mol. The number of aldehydes is 1. The van der Waals surface area contributed by atoms with Gasteiger partial charge in [-0.2, -0.15) is 4.80 Å². The number of carbonyl (C=O) groups is 3. The van der Waals surface area contributed by atoms with E-state index in [9.17, 15) is 14.4 Å². The van der Waals surface area contributed by atoms with Crippen LogP contribution in [0.1, 0.15) is 49.8 Å². The summed E-state index contributed by atoms with van der Waals surface area (Å²) in [5.74, 6) is 1.29. The lowest BCUT2D eigenvalue weighted by atomic mass is 9.97. The number of tetrazole rings is 1. The van der Waals surface area contributed by atoms with Crippen molar-refractivity contribution < 1.29 is 28.3 Å². The lowest BCUT2D eigenvalue weighted by Gasteiger charge is -2.32. The summed E-state index contributed by atoms with van der Waals surface area (Å²) in [5.41, 5.74) is 3.62. The van der Waals surface area contributed by atoms with Crippen LogP contribution in [0.4, 0.5) is 5.69 Å². The number of amides is 1. The summed E-state index contributed by atoms with van der Waals surface area (Å²) in [6.45, 7) is 4.22. The number of methoxy groups -OCH3 is 2. The molecule has 1 fully saturated rings. The minimum absolute atomic E-state index is 0.0692. The fourth-order valence-electron chi connectivity index (χ4n) is 5.96. The SMILES string of the molecule is COC.COc1ccc(C(=O)Cn2nnc(-c3ccccc3NC(=O)c3ccco3)n2)cc1.Cn1cc(SNCC2CCN(Cc3ccc(Cl)cc3)CC2)cc1C=O. The minimum atomic E-state index is -0.394. The van der Waals surface area contributed by atoms with Crippen molar-refractivity contribution in [3.63, 3.8) is 0 Å². The Morgan fingerprint density at radius 2 is 1.71 bits per heavy atom. The molecule has 6 aromatic rings. The van der Waals surface area contributed by atoms with Gasteiger partial charge in [0.2, 0.25) is 5.82 Å². The third-order valence-electron chi connectivity index (χ3n) is 9.04. The van der Waals surface area contributed by atoms with Crippen LogP contribution in [0.15, 0.2) is 113 Å². The first-order chi connectivity index (χ1) is 28.2. The maximum atomic E-state index is 12.5. The molecule has 0 saturated carbocycles. The largest absolute Gasteiger partial charge is 0.497 e. The topological polar surface area (TPSA) is 159 Å². The monoisotopic (exact) mass is 826 g/mol. The van der Waals surface area contributed by atoms with Crippen molar-refractivity contribution >= 4 is 47.2 Å². The number of furan rings is 1. The van der Waals surface area contributed by atoms with Gasteiger partial charge in [-0.15, -0.1) is 10.2 Å². The second-order valence-corrected chi connectivity index (χ2v) is 14.7. The quantitative estimate of drug-likeness (QED) is 0.0641. The molecule has 0 atom stereocenters. The average Bonchev–Trinajstić information content (AvgIpc) is 4.03. The van der Waals surface area contributed by atoms with E-state index < -0.39 is 5.91 Å². The van der Waals surface area contributed by atoms with Crippen LogP contribution < -0.4 is 14.8 Å². The van der Waals surface area contributed by atoms with Crippen molar-refractivity contribution in [3.8, 4) is 17.1 Å². The first-order valence-corrected chi connectivity index (χ1v) is 19.7. The number of likely N-dealkylation sites (tertiary alicyclic amines) is 1. The number of hydrogen-bond donors (Lipinski definition) is 2. The van der Waals surface area contributed by atoms with E-state index in [0.717, 1.165) is 42.4 Å². The first-order valence-electron chi connectivity index (χ1n) is 18.5. The van der Waals surface area contributed by atoms with Crippen LogP contribution in [0.5, 0.6) is 5.75 Å². The number of para-hydroxylation sites is 1. The van der Waals surface area contributed by atoms with Gasteiger partial charge in [-0.1, -0.05) is 35.9 Å². The van der Waals surface area contributed by atoms with Gasteiger partial charge in [0, 0.05) is 61.6 Å². The van der Waals surface area contributed by atoms with Gasteiger partial charge in [0.05, 0.1) is 24.8 Å². The molecule has 0 radical (unpaired) electrons. The summed E-state index contributed by atoms with van der Waals surface area (Å²) in [5, 5.41) is 15.8. The molecule has 0 unspecified atom stereocenters. The Balaban J connectivity index is 0.000000210. The molecule has 3 aromatic carbocycles. The highest BCUT2D eigenvalue weighted by molar-refractivity contribution is 7.97. The van der Waals surface area contributed by atoms with E-state index in [1.165, 1.54) is 29.5 Å². The zero-order valence-corrected chi connectivity index (χ0v) is 34.4. The summed E-state index contributed by atoms with van der Waals surface area (Å²) in [4.78, 5) is 40.5. The number of anilines is 1. The minimum Gasteiger partial charge on any atom is -0.497 e. The van der Waals surface area contributed by atoms with Crippen LogP contribution in [0.3, 0.4) is 0 Å².